The van der Waals surface area contributed by atoms with Crippen molar-refractivity contribution in [1.29, 1.82) is 0 Å². The molecule has 1 N–H and O–H groups in total. The van der Waals surface area contributed by atoms with E-state index in [1.165, 1.54) is 12.1 Å². The molecule has 0 aliphatic carbocycles. The number of aryl methyl sites for hydroxylation is 1. The molecule has 3 rings (SSSR count). The van der Waals surface area contributed by atoms with Gasteiger partial charge in [-0.25, -0.2) is 9.18 Å². The number of carbonyl (C=O) groups is 2. The molecule has 0 atom stereocenters. The summed E-state index contributed by atoms with van der Waals surface area (Å²) in [6.45, 7) is 5.38. The van der Waals surface area contributed by atoms with Crippen LogP contribution in [-0.2, 0) is 9.53 Å². The van der Waals surface area contributed by atoms with E-state index in [0.29, 0.717) is 57.9 Å². The van der Waals surface area contributed by atoms with Crippen LogP contribution in [0.25, 0.3) is 0 Å². The Kier molecular flexibility index (Phi) is 5.53. The van der Waals surface area contributed by atoms with Crippen molar-refractivity contribution >= 4 is 17.6 Å². The zero-order chi connectivity index (χ0) is 17.8. The normalized spacial score (nSPS) is 19.0. The standard InChI is InChI=1S/C18H24FN3O3/c1-13-2-3-15(19)12-16(13)20-18(24)22-6-4-14(5-7-22)17(23)21-8-10-25-11-9-21/h2-3,12,14H,4-11H2,1H3,(H,20,24). The number of hydrogen-bond donors (Lipinski definition) is 1. The number of anilines is 1. The molecule has 0 spiro atoms. The van der Waals surface area contributed by atoms with Gasteiger partial charge < -0.3 is 19.9 Å². The molecule has 0 unspecified atom stereocenters. The Hall–Kier alpha value is -2.15. The summed E-state index contributed by atoms with van der Waals surface area (Å²) in [5.74, 6) is -0.238. The molecule has 0 radical (unpaired) electrons. The van der Waals surface area contributed by atoms with E-state index in [2.05, 4.69) is 5.32 Å². The molecular formula is C18H24FN3O3. The van der Waals surface area contributed by atoms with Crippen LogP contribution < -0.4 is 5.32 Å². The van der Waals surface area contributed by atoms with Gasteiger partial charge in [-0.1, -0.05) is 6.07 Å². The highest BCUT2D eigenvalue weighted by Gasteiger charge is 2.31. The van der Waals surface area contributed by atoms with Crippen molar-refractivity contribution in [2.75, 3.05) is 44.7 Å². The van der Waals surface area contributed by atoms with Gasteiger partial charge in [-0.15, -0.1) is 0 Å². The van der Waals surface area contributed by atoms with Crippen LogP contribution in [0.3, 0.4) is 0 Å². The number of urea groups is 1. The highest BCUT2D eigenvalue weighted by atomic mass is 19.1. The van der Waals surface area contributed by atoms with E-state index in [1.807, 2.05) is 11.8 Å². The van der Waals surface area contributed by atoms with Crippen LogP contribution in [0.5, 0.6) is 0 Å². The lowest BCUT2D eigenvalue weighted by atomic mass is 9.95. The Morgan fingerprint density at radius 2 is 1.80 bits per heavy atom. The highest BCUT2D eigenvalue weighted by molar-refractivity contribution is 5.90. The molecule has 2 aliphatic rings. The maximum atomic E-state index is 13.3. The number of halogens is 1. The summed E-state index contributed by atoms with van der Waals surface area (Å²) in [6.07, 6.45) is 1.32. The molecule has 1 aromatic rings. The van der Waals surface area contributed by atoms with Gasteiger partial charge in [-0.2, -0.15) is 0 Å². The van der Waals surface area contributed by atoms with E-state index in [4.69, 9.17) is 4.74 Å². The maximum Gasteiger partial charge on any atom is 0.321 e. The first-order chi connectivity index (χ1) is 12.0. The number of piperidine rings is 1. The minimum Gasteiger partial charge on any atom is -0.378 e. The maximum absolute atomic E-state index is 13.3. The van der Waals surface area contributed by atoms with Gasteiger partial charge in [-0.05, 0) is 37.5 Å². The summed E-state index contributed by atoms with van der Waals surface area (Å²) in [5.41, 5.74) is 1.30. The second kappa shape index (κ2) is 7.82. The average molecular weight is 349 g/mol. The Morgan fingerprint density at radius 1 is 1.12 bits per heavy atom. The Labute approximate surface area is 146 Å². The third-order valence-electron chi connectivity index (χ3n) is 4.90. The predicted octanol–water partition coefficient (Wildman–Crippen LogP) is 2.24. The summed E-state index contributed by atoms with van der Waals surface area (Å²) in [6, 6.07) is 4.08. The quantitative estimate of drug-likeness (QED) is 0.891. The van der Waals surface area contributed by atoms with Gasteiger partial charge in [0.15, 0.2) is 0 Å². The number of carbonyl (C=O) groups excluding carboxylic acids is 2. The van der Waals surface area contributed by atoms with Crippen molar-refractivity contribution in [1.82, 2.24) is 9.80 Å². The van der Waals surface area contributed by atoms with Gasteiger partial charge in [-0.3, -0.25) is 4.79 Å². The summed E-state index contributed by atoms with van der Waals surface area (Å²) in [7, 11) is 0. The lowest BCUT2D eigenvalue weighted by molar-refractivity contribution is -0.140. The minimum absolute atomic E-state index is 0.0296. The molecule has 136 valence electrons. The van der Waals surface area contributed by atoms with Crippen LogP contribution >= 0.6 is 0 Å². The SMILES string of the molecule is Cc1ccc(F)cc1NC(=O)N1CCC(C(=O)N2CCOCC2)CC1. The molecule has 25 heavy (non-hydrogen) atoms. The fourth-order valence-electron chi connectivity index (χ4n) is 3.29. The molecule has 1 aromatic carbocycles. The molecule has 0 bridgehead atoms. The van der Waals surface area contributed by atoms with Crippen LogP contribution in [-0.4, -0.2) is 61.1 Å². The zero-order valence-corrected chi connectivity index (χ0v) is 14.5. The van der Waals surface area contributed by atoms with Crippen molar-refractivity contribution in [3.8, 4) is 0 Å². The predicted molar refractivity (Wildman–Crippen MR) is 91.9 cm³/mol. The molecule has 2 aliphatic heterocycles. The molecule has 6 nitrogen and oxygen atoms in total. The van der Waals surface area contributed by atoms with Gasteiger partial charge in [0.25, 0.3) is 0 Å². The van der Waals surface area contributed by atoms with Gasteiger partial charge >= 0.3 is 6.03 Å². The molecule has 0 saturated carbocycles. The molecule has 2 saturated heterocycles. The summed E-state index contributed by atoms with van der Waals surface area (Å²) in [5, 5.41) is 2.76. The van der Waals surface area contributed by atoms with E-state index in [-0.39, 0.29) is 23.7 Å². The molecule has 3 amide bonds. The molecular weight excluding hydrogens is 325 g/mol. The van der Waals surface area contributed by atoms with Crippen LogP contribution in [0.2, 0.25) is 0 Å². The van der Waals surface area contributed by atoms with Crippen molar-refractivity contribution in [2.24, 2.45) is 5.92 Å². The van der Waals surface area contributed by atoms with Gasteiger partial charge in [0.2, 0.25) is 5.91 Å². The van der Waals surface area contributed by atoms with Crippen molar-refractivity contribution in [2.45, 2.75) is 19.8 Å². The molecule has 2 fully saturated rings. The number of benzene rings is 1. The van der Waals surface area contributed by atoms with E-state index >= 15 is 0 Å². The van der Waals surface area contributed by atoms with E-state index in [9.17, 15) is 14.0 Å². The number of amides is 3. The third-order valence-corrected chi connectivity index (χ3v) is 4.90. The number of hydrogen-bond acceptors (Lipinski definition) is 3. The van der Waals surface area contributed by atoms with E-state index < -0.39 is 0 Å². The van der Waals surface area contributed by atoms with Crippen LogP contribution in [0.4, 0.5) is 14.9 Å². The Balaban J connectivity index is 1.52. The molecule has 7 heteroatoms. The second-order valence-corrected chi connectivity index (χ2v) is 6.59. The Bertz CT molecular complexity index is 638. The number of morpholine rings is 1. The number of ether oxygens (including phenoxy) is 1. The lowest BCUT2D eigenvalue weighted by Crippen LogP contribution is -2.48. The van der Waals surface area contributed by atoms with Crippen molar-refractivity contribution < 1.29 is 18.7 Å². The Morgan fingerprint density at radius 3 is 2.48 bits per heavy atom. The number of rotatable bonds is 2. The lowest BCUT2D eigenvalue weighted by Gasteiger charge is -2.35. The van der Waals surface area contributed by atoms with Gasteiger partial charge in [0, 0.05) is 37.8 Å². The monoisotopic (exact) mass is 349 g/mol. The first-order valence-electron chi connectivity index (χ1n) is 8.73. The summed E-state index contributed by atoms with van der Waals surface area (Å²) >= 11 is 0. The van der Waals surface area contributed by atoms with Crippen LogP contribution in [0.1, 0.15) is 18.4 Å². The zero-order valence-electron chi connectivity index (χ0n) is 14.5. The summed E-state index contributed by atoms with van der Waals surface area (Å²) < 4.78 is 18.6. The highest BCUT2D eigenvalue weighted by Crippen LogP contribution is 2.22. The second-order valence-electron chi connectivity index (χ2n) is 6.59. The average Bonchev–Trinajstić information content (AvgIpc) is 2.65. The van der Waals surface area contributed by atoms with Gasteiger partial charge in [0.1, 0.15) is 5.82 Å². The fraction of sp³-hybridized carbons (Fsp3) is 0.556. The molecule has 2 heterocycles. The number of nitrogens with one attached hydrogen (secondary N) is 1. The van der Waals surface area contributed by atoms with E-state index in [0.717, 1.165) is 5.56 Å². The first kappa shape index (κ1) is 17.7. The van der Waals surface area contributed by atoms with Crippen LogP contribution in [0.15, 0.2) is 18.2 Å². The van der Waals surface area contributed by atoms with Crippen molar-refractivity contribution in [3.05, 3.63) is 29.6 Å². The fourth-order valence-corrected chi connectivity index (χ4v) is 3.29. The largest absolute Gasteiger partial charge is 0.378 e. The van der Waals surface area contributed by atoms with Gasteiger partial charge in [0.05, 0.1) is 13.2 Å². The first-order valence-corrected chi connectivity index (χ1v) is 8.73. The third kappa shape index (κ3) is 4.28. The minimum atomic E-state index is -0.379. The van der Waals surface area contributed by atoms with E-state index in [1.54, 1.807) is 11.0 Å². The smallest absolute Gasteiger partial charge is 0.321 e. The molecule has 0 aromatic heterocycles. The number of nitrogens with zero attached hydrogens (tertiary/aromatic N) is 2. The summed E-state index contributed by atoms with van der Waals surface area (Å²) in [4.78, 5) is 28.5. The van der Waals surface area contributed by atoms with Crippen molar-refractivity contribution in [3.63, 3.8) is 0 Å². The topological polar surface area (TPSA) is 61.9 Å². The van der Waals surface area contributed by atoms with Crippen LogP contribution in [0, 0.1) is 18.7 Å². The number of likely N-dealkylation sites (tertiary alicyclic amines) is 1.